The molecule has 0 aromatic carbocycles. The van der Waals surface area contributed by atoms with Crippen molar-refractivity contribution in [2.24, 2.45) is 0 Å². The number of aromatic amines is 1. The molecule has 150 valence electrons. The zero-order chi connectivity index (χ0) is 20.1. The number of hydrogen-bond donors (Lipinski definition) is 2. The first-order valence-electron chi connectivity index (χ1n) is 9.48. The summed E-state index contributed by atoms with van der Waals surface area (Å²) in [4.78, 5) is 42.8. The molecule has 0 unspecified atom stereocenters. The number of esters is 1. The van der Waals surface area contributed by atoms with Crippen LogP contribution in [-0.4, -0.2) is 73.2 Å². The molecule has 1 aliphatic heterocycles. The number of H-pyrrole nitrogens is 1. The zero-order valence-electron chi connectivity index (χ0n) is 16.8. The second-order valence-corrected chi connectivity index (χ2v) is 6.78. The van der Waals surface area contributed by atoms with E-state index in [1.807, 2.05) is 6.92 Å². The molecule has 2 rings (SSSR count). The van der Waals surface area contributed by atoms with Crippen molar-refractivity contribution >= 4 is 17.8 Å². The largest absolute Gasteiger partial charge is 0.462 e. The van der Waals surface area contributed by atoms with Crippen LogP contribution >= 0.6 is 0 Å². The predicted octanol–water partition coefficient (Wildman–Crippen LogP) is 0.736. The van der Waals surface area contributed by atoms with E-state index < -0.39 is 5.97 Å². The topological polar surface area (TPSA) is 93.1 Å². The van der Waals surface area contributed by atoms with Gasteiger partial charge in [0.1, 0.15) is 0 Å². The van der Waals surface area contributed by atoms with Crippen molar-refractivity contribution in [2.75, 3.05) is 39.4 Å². The molecule has 1 atom stereocenters. The van der Waals surface area contributed by atoms with E-state index >= 15 is 0 Å². The summed E-state index contributed by atoms with van der Waals surface area (Å²) in [6.45, 7) is 12.1. The molecular formula is C19H30N3O5+. The van der Waals surface area contributed by atoms with Crippen molar-refractivity contribution in [3.05, 3.63) is 22.5 Å². The number of piperazine rings is 1. The lowest BCUT2D eigenvalue weighted by Crippen LogP contribution is -3.18. The van der Waals surface area contributed by atoms with E-state index in [0.717, 1.165) is 4.90 Å². The van der Waals surface area contributed by atoms with Gasteiger partial charge < -0.3 is 19.4 Å². The lowest BCUT2D eigenvalue weighted by molar-refractivity contribution is -0.917. The third-order valence-electron chi connectivity index (χ3n) is 5.10. The third-order valence-corrected chi connectivity index (χ3v) is 5.10. The van der Waals surface area contributed by atoms with E-state index in [-0.39, 0.29) is 24.5 Å². The number of Topliss-reactive ketones (excluding diaryl/α,β-unsaturated/α-hetero) is 1. The Kier molecular flexibility index (Phi) is 7.01. The van der Waals surface area contributed by atoms with E-state index in [9.17, 15) is 14.4 Å². The molecule has 1 fully saturated rings. The van der Waals surface area contributed by atoms with Gasteiger partial charge in [-0.3, -0.25) is 9.69 Å². The van der Waals surface area contributed by atoms with Crippen molar-refractivity contribution in [1.29, 1.82) is 0 Å². The number of nitrogens with zero attached hydrogens (tertiary/aromatic N) is 1. The Morgan fingerprint density at radius 2 is 1.70 bits per heavy atom. The number of hydrogen-bond acceptors (Lipinski definition) is 5. The molecule has 2 N–H and O–H groups in total. The molecule has 1 aromatic rings. The average molecular weight is 380 g/mol. The van der Waals surface area contributed by atoms with Crippen LogP contribution in [0.15, 0.2) is 0 Å². The Morgan fingerprint density at radius 3 is 2.26 bits per heavy atom. The van der Waals surface area contributed by atoms with Gasteiger partial charge in [-0.05, 0) is 40.2 Å². The minimum atomic E-state index is -0.411. The number of aryl methyl sites for hydroxylation is 1. The summed E-state index contributed by atoms with van der Waals surface area (Å²) in [6, 6.07) is -0.277. The van der Waals surface area contributed by atoms with Crippen molar-refractivity contribution in [1.82, 2.24) is 9.88 Å². The van der Waals surface area contributed by atoms with Crippen molar-refractivity contribution in [3.63, 3.8) is 0 Å². The summed E-state index contributed by atoms with van der Waals surface area (Å²) in [5, 5.41) is 0. The molecule has 1 aliphatic rings. The Labute approximate surface area is 159 Å². The fourth-order valence-corrected chi connectivity index (χ4v) is 3.53. The van der Waals surface area contributed by atoms with E-state index in [0.29, 0.717) is 55.3 Å². The van der Waals surface area contributed by atoms with Crippen molar-refractivity contribution in [2.45, 2.75) is 40.7 Å². The standard InChI is InChI=1S/C19H29N3O5/c1-6-26-18(24)15-12(3)16(20-13(15)4)17(23)14(5)21-8-10-22(11-9-21)19(25)27-7-2/h14,20H,6-11H2,1-5H3/p+1/t14-/m1/s1. The molecule has 0 bridgehead atoms. The van der Waals surface area contributed by atoms with Gasteiger partial charge in [0.15, 0.2) is 6.04 Å². The number of carbonyl (C=O) groups excluding carboxylic acids is 3. The Bertz CT molecular complexity index is 704. The fourth-order valence-electron chi connectivity index (χ4n) is 3.53. The van der Waals surface area contributed by atoms with Crippen LogP contribution in [0, 0.1) is 13.8 Å². The number of nitrogens with one attached hydrogen (secondary N) is 2. The SMILES string of the molecule is CCOC(=O)c1c(C)[nH]c(C(=O)[C@@H](C)[NH+]2CCN(C(=O)OCC)CC2)c1C. The summed E-state index contributed by atoms with van der Waals surface area (Å²) in [5.41, 5.74) is 2.17. The molecule has 8 heteroatoms. The Balaban J connectivity index is 2.07. The van der Waals surface area contributed by atoms with Crippen LogP contribution in [0.3, 0.4) is 0 Å². The number of amides is 1. The molecule has 1 saturated heterocycles. The minimum Gasteiger partial charge on any atom is -0.462 e. The maximum Gasteiger partial charge on any atom is 0.410 e. The quantitative estimate of drug-likeness (QED) is 0.561. The first kappa shape index (κ1) is 21.0. The highest BCUT2D eigenvalue weighted by Gasteiger charge is 2.34. The van der Waals surface area contributed by atoms with Crippen molar-refractivity contribution in [3.8, 4) is 0 Å². The van der Waals surface area contributed by atoms with Crippen LogP contribution in [0.1, 0.15) is 52.9 Å². The molecule has 1 aromatic heterocycles. The van der Waals surface area contributed by atoms with Crippen LogP contribution < -0.4 is 4.90 Å². The second-order valence-electron chi connectivity index (χ2n) is 6.78. The number of carbonyl (C=O) groups is 3. The Hall–Kier alpha value is -2.35. The maximum absolute atomic E-state index is 13.0. The van der Waals surface area contributed by atoms with Gasteiger partial charge in [0.25, 0.3) is 0 Å². The first-order valence-corrected chi connectivity index (χ1v) is 9.48. The maximum atomic E-state index is 13.0. The van der Waals surface area contributed by atoms with Gasteiger partial charge in [-0.25, -0.2) is 9.59 Å². The molecule has 0 spiro atoms. The average Bonchev–Trinajstić information content (AvgIpc) is 2.95. The highest BCUT2D eigenvalue weighted by Crippen LogP contribution is 2.20. The van der Waals surface area contributed by atoms with E-state index in [1.165, 1.54) is 0 Å². The van der Waals surface area contributed by atoms with Gasteiger partial charge in [0.2, 0.25) is 5.78 Å². The van der Waals surface area contributed by atoms with Crippen LogP contribution in [0.25, 0.3) is 0 Å². The van der Waals surface area contributed by atoms with Crippen LogP contribution in [0.5, 0.6) is 0 Å². The van der Waals surface area contributed by atoms with Crippen molar-refractivity contribution < 1.29 is 28.8 Å². The number of quaternary nitrogens is 1. The molecule has 8 nitrogen and oxygen atoms in total. The predicted molar refractivity (Wildman–Crippen MR) is 99.3 cm³/mol. The van der Waals surface area contributed by atoms with Gasteiger partial charge in [-0.1, -0.05) is 0 Å². The monoisotopic (exact) mass is 380 g/mol. The number of ether oxygens (including phenoxy) is 2. The summed E-state index contributed by atoms with van der Waals surface area (Å²) in [7, 11) is 0. The van der Waals surface area contributed by atoms with E-state index in [4.69, 9.17) is 9.47 Å². The molecule has 27 heavy (non-hydrogen) atoms. The molecule has 0 radical (unpaired) electrons. The van der Waals surface area contributed by atoms with Gasteiger partial charge >= 0.3 is 12.1 Å². The lowest BCUT2D eigenvalue weighted by atomic mass is 10.0. The van der Waals surface area contributed by atoms with Crippen LogP contribution in [-0.2, 0) is 9.47 Å². The summed E-state index contributed by atoms with van der Waals surface area (Å²) >= 11 is 0. The molecule has 1 amide bonds. The second kappa shape index (κ2) is 9.03. The van der Waals surface area contributed by atoms with Gasteiger partial charge in [0, 0.05) is 5.69 Å². The molecular weight excluding hydrogens is 350 g/mol. The smallest absolute Gasteiger partial charge is 0.410 e. The normalized spacial score (nSPS) is 16.1. The van der Waals surface area contributed by atoms with Gasteiger partial charge in [-0.2, -0.15) is 0 Å². The Morgan fingerprint density at radius 1 is 1.11 bits per heavy atom. The molecule has 2 heterocycles. The fraction of sp³-hybridized carbons (Fsp3) is 0.632. The summed E-state index contributed by atoms with van der Waals surface area (Å²) in [5.74, 6) is -0.448. The molecule has 0 aliphatic carbocycles. The van der Waals surface area contributed by atoms with Gasteiger partial charge in [0.05, 0.1) is 50.7 Å². The van der Waals surface area contributed by atoms with E-state index in [2.05, 4.69) is 4.98 Å². The number of ketones is 1. The highest BCUT2D eigenvalue weighted by atomic mass is 16.6. The van der Waals surface area contributed by atoms with Gasteiger partial charge in [-0.15, -0.1) is 0 Å². The first-order chi connectivity index (χ1) is 12.8. The van der Waals surface area contributed by atoms with E-state index in [1.54, 1.807) is 32.6 Å². The van der Waals surface area contributed by atoms with Crippen LogP contribution in [0.2, 0.25) is 0 Å². The molecule has 0 saturated carbocycles. The number of aromatic nitrogens is 1. The third kappa shape index (κ3) is 4.50. The lowest BCUT2D eigenvalue weighted by Gasteiger charge is -2.34. The zero-order valence-corrected chi connectivity index (χ0v) is 16.8. The summed E-state index contributed by atoms with van der Waals surface area (Å²) in [6.07, 6.45) is -0.301. The minimum absolute atomic E-state index is 0.0364. The highest BCUT2D eigenvalue weighted by molar-refractivity contribution is 6.03. The number of rotatable bonds is 6. The summed E-state index contributed by atoms with van der Waals surface area (Å²) < 4.78 is 10.1. The van der Waals surface area contributed by atoms with Crippen LogP contribution in [0.4, 0.5) is 4.79 Å².